The molecule has 3 aromatic rings. The normalized spacial score (nSPS) is 14.2. The number of thiazole rings is 1. The Morgan fingerprint density at radius 2 is 2.21 bits per heavy atom. The van der Waals surface area contributed by atoms with Crippen LogP contribution in [0.25, 0.3) is 4.96 Å². The second kappa shape index (κ2) is 5.55. The van der Waals surface area contributed by atoms with Gasteiger partial charge in [-0.1, -0.05) is 0 Å². The van der Waals surface area contributed by atoms with Gasteiger partial charge in [0.05, 0.1) is 6.20 Å². The van der Waals surface area contributed by atoms with Gasteiger partial charge < -0.3 is 5.32 Å². The Balaban J connectivity index is 1.66. The average Bonchev–Trinajstić information content (AvgIpc) is 3.18. The van der Waals surface area contributed by atoms with Crippen LogP contribution in [0.15, 0.2) is 23.3 Å². The van der Waals surface area contributed by atoms with Gasteiger partial charge in [0.15, 0.2) is 4.96 Å². The SMILES string of the molecule is Cc1sc2ncc(C(=O)Nc3ccnn3CC3CC3)c(=O)n2c1C. The van der Waals surface area contributed by atoms with Crippen LogP contribution in [0.2, 0.25) is 0 Å². The molecule has 0 bridgehead atoms. The van der Waals surface area contributed by atoms with Crippen molar-refractivity contribution in [2.24, 2.45) is 5.92 Å². The molecular weight excluding hydrogens is 326 g/mol. The van der Waals surface area contributed by atoms with Crippen molar-refractivity contribution < 1.29 is 4.79 Å². The molecule has 1 aliphatic carbocycles. The molecule has 0 saturated heterocycles. The van der Waals surface area contributed by atoms with Crippen LogP contribution in [0.1, 0.15) is 33.8 Å². The van der Waals surface area contributed by atoms with E-state index in [4.69, 9.17) is 0 Å². The number of carbonyl (C=O) groups is 1. The van der Waals surface area contributed by atoms with Crippen molar-refractivity contribution in [2.45, 2.75) is 33.2 Å². The van der Waals surface area contributed by atoms with E-state index in [2.05, 4.69) is 15.4 Å². The Labute approximate surface area is 142 Å². The largest absolute Gasteiger partial charge is 0.307 e. The van der Waals surface area contributed by atoms with E-state index in [1.165, 1.54) is 34.8 Å². The summed E-state index contributed by atoms with van der Waals surface area (Å²) in [6, 6.07) is 1.74. The van der Waals surface area contributed by atoms with E-state index in [-0.39, 0.29) is 11.1 Å². The molecule has 8 heteroatoms. The molecule has 0 spiro atoms. The first kappa shape index (κ1) is 15.1. The van der Waals surface area contributed by atoms with Crippen LogP contribution >= 0.6 is 11.3 Å². The monoisotopic (exact) mass is 343 g/mol. The minimum Gasteiger partial charge on any atom is -0.307 e. The highest BCUT2D eigenvalue weighted by Crippen LogP contribution is 2.31. The Morgan fingerprint density at radius 1 is 1.42 bits per heavy atom. The molecule has 4 rings (SSSR count). The highest BCUT2D eigenvalue weighted by atomic mass is 32.1. The van der Waals surface area contributed by atoms with Crippen LogP contribution < -0.4 is 10.9 Å². The van der Waals surface area contributed by atoms with Gasteiger partial charge in [0.1, 0.15) is 11.4 Å². The first-order valence-corrected chi connectivity index (χ1v) is 8.67. The van der Waals surface area contributed by atoms with Gasteiger partial charge in [-0.05, 0) is 32.6 Å². The van der Waals surface area contributed by atoms with E-state index in [1.54, 1.807) is 16.9 Å². The third kappa shape index (κ3) is 2.52. The molecule has 7 nitrogen and oxygen atoms in total. The van der Waals surface area contributed by atoms with Gasteiger partial charge in [0, 0.05) is 29.4 Å². The number of nitrogens with zero attached hydrogens (tertiary/aromatic N) is 4. The molecule has 0 aromatic carbocycles. The van der Waals surface area contributed by atoms with E-state index in [0.29, 0.717) is 16.7 Å². The maximum Gasteiger partial charge on any atom is 0.271 e. The van der Waals surface area contributed by atoms with E-state index >= 15 is 0 Å². The standard InChI is InChI=1S/C16H17N5O2S/c1-9-10(2)24-16-17-7-12(15(23)21(9)16)14(22)19-13-5-6-18-20(13)8-11-3-4-11/h5-7,11H,3-4,8H2,1-2H3,(H,19,22). The summed E-state index contributed by atoms with van der Waals surface area (Å²) in [4.78, 5) is 31.1. The fraction of sp³-hybridized carbons (Fsp3) is 0.375. The van der Waals surface area contributed by atoms with E-state index in [1.807, 2.05) is 13.8 Å². The zero-order valence-electron chi connectivity index (χ0n) is 13.4. The highest BCUT2D eigenvalue weighted by Gasteiger charge is 2.24. The lowest BCUT2D eigenvalue weighted by Gasteiger charge is -2.08. The number of anilines is 1. The summed E-state index contributed by atoms with van der Waals surface area (Å²) in [7, 11) is 0. The second-order valence-corrected chi connectivity index (χ2v) is 7.32. The topological polar surface area (TPSA) is 81.3 Å². The Hall–Kier alpha value is -2.48. The molecule has 1 N–H and O–H groups in total. The Kier molecular flexibility index (Phi) is 3.49. The fourth-order valence-electron chi connectivity index (χ4n) is 2.64. The predicted octanol–water partition coefficient (Wildman–Crippen LogP) is 2.23. The molecule has 3 heterocycles. The molecule has 124 valence electrons. The van der Waals surface area contributed by atoms with Crippen LogP contribution in [0.5, 0.6) is 0 Å². The summed E-state index contributed by atoms with van der Waals surface area (Å²) >= 11 is 1.44. The molecule has 3 aromatic heterocycles. The second-order valence-electron chi connectivity index (χ2n) is 6.13. The number of hydrogen-bond donors (Lipinski definition) is 1. The molecule has 0 aliphatic heterocycles. The lowest BCUT2D eigenvalue weighted by molar-refractivity contribution is 0.102. The lowest BCUT2D eigenvalue weighted by Crippen LogP contribution is -2.27. The molecular formula is C16H17N5O2S. The van der Waals surface area contributed by atoms with Gasteiger partial charge in [0.2, 0.25) is 0 Å². The van der Waals surface area contributed by atoms with Crippen molar-refractivity contribution in [3.05, 3.63) is 44.9 Å². The van der Waals surface area contributed by atoms with E-state index < -0.39 is 5.91 Å². The number of aromatic nitrogens is 4. The molecule has 24 heavy (non-hydrogen) atoms. The summed E-state index contributed by atoms with van der Waals surface area (Å²) in [5.41, 5.74) is 0.515. The average molecular weight is 343 g/mol. The van der Waals surface area contributed by atoms with Crippen molar-refractivity contribution in [3.8, 4) is 0 Å². The van der Waals surface area contributed by atoms with Gasteiger partial charge >= 0.3 is 0 Å². The lowest BCUT2D eigenvalue weighted by atomic mass is 10.3. The first-order chi connectivity index (χ1) is 11.5. The molecule has 0 unspecified atom stereocenters. The smallest absolute Gasteiger partial charge is 0.271 e. The fourth-order valence-corrected chi connectivity index (χ4v) is 3.57. The van der Waals surface area contributed by atoms with Gasteiger partial charge in [-0.25, -0.2) is 9.67 Å². The van der Waals surface area contributed by atoms with Crippen LogP contribution in [-0.4, -0.2) is 25.1 Å². The molecule has 1 amide bonds. The molecule has 1 aliphatic rings. The number of hydrogen-bond acceptors (Lipinski definition) is 5. The summed E-state index contributed by atoms with van der Waals surface area (Å²) < 4.78 is 3.27. The predicted molar refractivity (Wildman–Crippen MR) is 91.7 cm³/mol. The summed E-state index contributed by atoms with van der Waals surface area (Å²) in [6.45, 7) is 4.58. The Morgan fingerprint density at radius 3 is 2.96 bits per heavy atom. The van der Waals surface area contributed by atoms with Crippen LogP contribution in [0, 0.1) is 19.8 Å². The van der Waals surface area contributed by atoms with Crippen LogP contribution in [0.3, 0.4) is 0 Å². The number of nitrogens with one attached hydrogen (secondary N) is 1. The van der Waals surface area contributed by atoms with Crippen molar-refractivity contribution in [1.29, 1.82) is 0 Å². The third-order valence-electron chi connectivity index (χ3n) is 4.35. The van der Waals surface area contributed by atoms with Crippen LogP contribution in [0.4, 0.5) is 5.82 Å². The number of aryl methyl sites for hydroxylation is 2. The zero-order valence-corrected chi connectivity index (χ0v) is 14.3. The molecule has 0 atom stereocenters. The zero-order chi connectivity index (χ0) is 16.8. The van der Waals surface area contributed by atoms with E-state index in [9.17, 15) is 9.59 Å². The van der Waals surface area contributed by atoms with Gasteiger partial charge in [-0.2, -0.15) is 5.10 Å². The number of rotatable bonds is 4. The highest BCUT2D eigenvalue weighted by molar-refractivity contribution is 7.17. The molecule has 0 radical (unpaired) electrons. The number of fused-ring (bicyclic) bond motifs is 1. The maximum absolute atomic E-state index is 12.7. The number of amides is 1. The van der Waals surface area contributed by atoms with Crippen molar-refractivity contribution in [2.75, 3.05) is 5.32 Å². The minimum absolute atomic E-state index is 0.0348. The molecule has 1 saturated carbocycles. The van der Waals surface area contributed by atoms with Crippen molar-refractivity contribution in [3.63, 3.8) is 0 Å². The van der Waals surface area contributed by atoms with Crippen molar-refractivity contribution in [1.82, 2.24) is 19.2 Å². The quantitative estimate of drug-likeness (QED) is 0.788. The first-order valence-electron chi connectivity index (χ1n) is 7.85. The van der Waals surface area contributed by atoms with E-state index in [0.717, 1.165) is 17.1 Å². The summed E-state index contributed by atoms with van der Waals surface area (Å²) in [6.07, 6.45) is 5.40. The molecule has 1 fully saturated rings. The minimum atomic E-state index is -0.456. The van der Waals surface area contributed by atoms with Crippen molar-refractivity contribution >= 4 is 28.0 Å². The third-order valence-corrected chi connectivity index (χ3v) is 5.42. The Bertz CT molecular complexity index is 996. The van der Waals surface area contributed by atoms with Crippen LogP contribution in [-0.2, 0) is 6.54 Å². The summed E-state index contributed by atoms with van der Waals surface area (Å²) in [5.74, 6) is 0.790. The van der Waals surface area contributed by atoms with Gasteiger partial charge in [-0.3, -0.25) is 14.0 Å². The maximum atomic E-state index is 12.7. The van der Waals surface area contributed by atoms with Gasteiger partial charge in [-0.15, -0.1) is 11.3 Å². The van der Waals surface area contributed by atoms with Gasteiger partial charge in [0.25, 0.3) is 11.5 Å². The number of carbonyl (C=O) groups excluding carboxylic acids is 1. The summed E-state index contributed by atoms with van der Waals surface area (Å²) in [5, 5.41) is 7.02.